The Bertz CT molecular complexity index is 590. The molecule has 0 radical (unpaired) electrons. The Balaban J connectivity index is 1.80. The highest BCUT2D eigenvalue weighted by Crippen LogP contribution is 2.23. The van der Waals surface area contributed by atoms with Gasteiger partial charge < -0.3 is 14.8 Å². The van der Waals surface area contributed by atoms with E-state index in [0.29, 0.717) is 12.6 Å². The number of nitrogens with zero attached hydrogens (tertiary/aromatic N) is 1. The molecule has 0 spiro atoms. The molecule has 0 bridgehead atoms. The number of carbonyl (C=O) groups excluding carboxylic acids is 1. The fraction of sp³-hybridized carbons (Fsp3) is 0.696. The number of nitrogens with one attached hydrogen (secondary N) is 1. The lowest BCUT2D eigenvalue weighted by atomic mass is 9.97. The summed E-state index contributed by atoms with van der Waals surface area (Å²) in [4.78, 5) is 15.2. The minimum Gasteiger partial charge on any atom is -0.492 e. The van der Waals surface area contributed by atoms with Gasteiger partial charge in [-0.15, -0.1) is 0 Å². The Kier molecular flexibility index (Phi) is 9.26. The van der Waals surface area contributed by atoms with E-state index >= 15 is 0 Å². The van der Waals surface area contributed by atoms with Gasteiger partial charge >= 0.3 is 0 Å². The van der Waals surface area contributed by atoms with Gasteiger partial charge in [0.25, 0.3) is 5.91 Å². The highest BCUT2D eigenvalue weighted by Gasteiger charge is 2.32. The molecule has 0 unspecified atom stereocenters. The number of methoxy groups -OCH3 is 1. The summed E-state index contributed by atoms with van der Waals surface area (Å²) in [5.41, 5.74) is -0.0316. The van der Waals surface area contributed by atoms with Crippen LogP contribution >= 0.6 is 0 Å². The number of amides is 1. The van der Waals surface area contributed by atoms with Crippen molar-refractivity contribution in [2.24, 2.45) is 0 Å². The predicted octanol–water partition coefficient (Wildman–Crippen LogP) is 4.86. The Morgan fingerprint density at radius 3 is 2.64 bits per heavy atom. The van der Waals surface area contributed by atoms with Crippen LogP contribution < -0.4 is 10.1 Å². The van der Waals surface area contributed by atoms with Crippen LogP contribution in [0.5, 0.6) is 5.75 Å². The van der Waals surface area contributed by atoms with Gasteiger partial charge in [0.15, 0.2) is 0 Å². The third-order valence-corrected chi connectivity index (χ3v) is 5.89. The molecule has 0 aromatic heterocycles. The molecular weight excluding hydrogens is 352 g/mol. The summed E-state index contributed by atoms with van der Waals surface area (Å²) in [5, 5.41) is 2.97. The highest BCUT2D eigenvalue weighted by molar-refractivity contribution is 5.97. The minimum atomic E-state index is -0.796. The molecule has 28 heavy (non-hydrogen) atoms. The van der Waals surface area contributed by atoms with E-state index in [0.717, 1.165) is 43.7 Å². The average Bonchev–Trinajstić information content (AvgIpc) is 2.70. The maximum atomic E-state index is 12.6. The number of anilines is 1. The summed E-state index contributed by atoms with van der Waals surface area (Å²) in [6, 6.07) is 8.26. The monoisotopic (exact) mass is 390 g/mol. The van der Waals surface area contributed by atoms with Crippen molar-refractivity contribution in [3.63, 3.8) is 0 Å². The van der Waals surface area contributed by atoms with E-state index < -0.39 is 5.60 Å². The van der Waals surface area contributed by atoms with Crippen LogP contribution in [0.2, 0.25) is 0 Å². The molecule has 1 N–H and O–H groups in total. The fourth-order valence-electron chi connectivity index (χ4n) is 3.69. The summed E-state index contributed by atoms with van der Waals surface area (Å²) >= 11 is 0. The molecule has 0 aliphatic carbocycles. The first-order valence-corrected chi connectivity index (χ1v) is 10.8. The van der Waals surface area contributed by atoms with Gasteiger partial charge in [-0.1, -0.05) is 32.6 Å². The number of rotatable bonds is 11. The molecule has 5 nitrogen and oxygen atoms in total. The topological polar surface area (TPSA) is 50.8 Å². The molecule has 1 amide bonds. The van der Waals surface area contributed by atoms with Crippen LogP contribution in [-0.2, 0) is 9.53 Å². The lowest BCUT2D eigenvalue weighted by Gasteiger charge is -2.33. The van der Waals surface area contributed by atoms with Crippen molar-refractivity contribution >= 4 is 11.6 Å². The second-order valence-corrected chi connectivity index (χ2v) is 8.10. The SMILES string of the molecule is CCCCC[C@](C)(OC)C(=O)Nc1ccc(OCCN2CCCC[C@@H]2C)cc1. The van der Waals surface area contributed by atoms with Crippen molar-refractivity contribution < 1.29 is 14.3 Å². The first kappa shape index (κ1) is 22.7. The van der Waals surface area contributed by atoms with E-state index in [-0.39, 0.29) is 5.91 Å². The van der Waals surface area contributed by atoms with Crippen LogP contribution in [0.1, 0.15) is 65.7 Å². The zero-order valence-electron chi connectivity index (χ0n) is 18.1. The first-order chi connectivity index (χ1) is 13.5. The summed E-state index contributed by atoms with van der Waals surface area (Å²) < 4.78 is 11.4. The Morgan fingerprint density at radius 1 is 1.25 bits per heavy atom. The van der Waals surface area contributed by atoms with Gasteiger partial charge in [-0.3, -0.25) is 9.69 Å². The van der Waals surface area contributed by atoms with E-state index in [4.69, 9.17) is 9.47 Å². The summed E-state index contributed by atoms with van der Waals surface area (Å²) in [6.07, 6.45) is 7.85. The number of likely N-dealkylation sites (tertiary alicyclic amines) is 1. The third kappa shape index (κ3) is 6.78. The molecule has 1 aromatic carbocycles. The summed E-state index contributed by atoms with van der Waals surface area (Å²) in [6.45, 7) is 9.13. The fourth-order valence-corrected chi connectivity index (χ4v) is 3.69. The predicted molar refractivity (Wildman–Crippen MR) is 115 cm³/mol. The molecular formula is C23H38N2O3. The molecule has 1 aromatic rings. The van der Waals surface area contributed by atoms with Crippen molar-refractivity contribution in [3.05, 3.63) is 24.3 Å². The Labute approximate surface area is 170 Å². The molecule has 158 valence electrons. The summed E-state index contributed by atoms with van der Waals surface area (Å²) in [7, 11) is 1.60. The number of carbonyl (C=O) groups is 1. The van der Waals surface area contributed by atoms with Gasteiger partial charge in [-0.05, 0) is 63.9 Å². The van der Waals surface area contributed by atoms with Crippen molar-refractivity contribution in [2.45, 2.75) is 77.4 Å². The smallest absolute Gasteiger partial charge is 0.256 e. The number of piperidine rings is 1. The zero-order chi connectivity index (χ0) is 20.4. The van der Waals surface area contributed by atoms with Gasteiger partial charge in [0.1, 0.15) is 18.0 Å². The zero-order valence-corrected chi connectivity index (χ0v) is 18.1. The molecule has 1 saturated heterocycles. The van der Waals surface area contributed by atoms with Crippen LogP contribution in [-0.4, -0.2) is 49.3 Å². The molecule has 2 rings (SSSR count). The van der Waals surface area contributed by atoms with Crippen molar-refractivity contribution in [1.29, 1.82) is 0 Å². The Hall–Kier alpha value is -1.59. The van der Waals surface area contributed by atoms with E-state index in [1.807, 2.05) is 31.2 Å². The molecule has 1 fully saturated rings. The van der Waals surface area contributed by atoms with Crippen LogP contribution in [0.4, 0.5) is 5.69 Å². The molecule has 0 saturated carbocycles. The van der Waals surface area contributed by atoms with E-state index in [1.165, 1.54) is 25.8 Å². The van der Waals surface area contributed by atoms with Crippen molar-refractivity contribution in [2.75, 3.05) is 32.1 Å². The minimum absolute atomic E-state index is 0.0983. The van der Waals surface area contributed by atoms with Gasteiger partial charge in [-0.2, -0.15) is 0 Å². The van der Waals surface area contributed by atoms with E-state index in [1.54, 1.807) is 7.11 Å². The average molecular weight is 391 g/mol. The van der Waals surface area contributed by atoms with E-state index in [2.05, 4.69) is 24.1 Å². The van der Waals surface area contributed by atoms with Crippen LogP contribution in [0.25, 0.3) is 0 Å². The van der Waals surface area contributed by atoms with E-state index in [9.17, 15) is 4.79 Å². The van der Waals surface area contributed by atoms with Gasteiger partial charge in [0.05, 0.1) is 0 Å². The molecule has 5 heteroatoms. The second-order valence-electron chi connectivity index (χ2n) is 8.10. The van der Waals surface area contributed by atoms with Crippen LogP contribution in [0.15, 0.2) is 24.3 Å². The Morgan fingerprint density at radius 2 is 2.00 bits per heavy atom. The maximum Gasteiger partial charge on any atom is 0.256 e. The van der Waals surface area contributed by atoms with Gasteiger partial charge in [0, 0.05) is 25.4 Å². The van der Waals surface area contributed by atoms with Crippen molar-refractivity contribution in [3.8, 4) is 5.75 Å². The highest BCUT2D eigenvalue weighted by atomic mass is 16.5. The molecule has 2 atom stereocenters. The lowest BCUT2D eigenvalue weighted by Crippen LogP contribution is -2.41. The second kappa shape index (κ2) is 11.4. The summed E-state index contributed by atoms with van der Waals surface area (Å²) in [5.74, 6) is 0.735. The van der Waals surface area contributed by atoms with Gasteiger partial charge in [-0.25, -0.2) is 0 Å². The largest absolute Gasteiger partial charge is 0.492 e. The molecule has 1 aliphatic rings. The quantitative estimate of drug-likeness (QED) is 0.548. The molecule has 1 aliphatic heterocycles. The normalized spacial score (nSPS) is 19.8. The number of ether oxygens (including phenoxy) is 2. The third-order valence-electron chi connectivity index (χ3n) is 5.89. The maximum absolute atomic E-state index is 12.6. The molecule has 1 heterocycles. The van der Waals surface area contributed by atoms with Crippen LogP contribution in [0.3, 0.4) is 0 Å². The number of benzene rings is 1. The van der Waals surface area contributed by atoms with Crippen LogP contribution in [0, 0.1) is 0 Å². The van der Waals surface area contributed by atoms with Crippen molar-refractivity contribution in [1.82, 2.24) is 4.90 Å². The number of hydrogen-bond donors (Lipinski definition) is 1. The standard InChI is InChI=1S/C23H38N2O3/c1-5-6-8-15-23(3,27-4)22(26)24-20-11-13-21(14-12-20)28-18-17-25-16-9-7-10-19(25)2/h11-14,19H,5-10,15-18H2,1-4H3,(H,24,26)/t19-,23-/m0/s1. The van der Waals surface area contributed by atoms with Gasteiger partial charge in [0.2, 0.25) is 0 Å². The number of unbranched alkanes of at least 4 members (excludes halogenated alkanes) is 2. The first-order valence-electron chi connectivity index (χ1n) is 10.8. The lowest BCUT2D eigenvalue weighted by molar-refractivity contribution is -0.136. The number of hydrogen-bond acceptors (Lipinski definition) is 4.